The average molecular weight is 280 g/mol. The molecule has 1 aromatic heterocycles. The number of aromatic amines is 1. The van der Waals surface area contributed by atoms with Crippen molar-refractivity contribution >= 4 is 17.4 Å². The molecule has 2 aromatic rings. The van der Waals surface area contributed by atoms with Crippen LogP contribution in [0.1, 0.15) is 13.8 Å². The van der Waals surface area contributed by atoms with Crippen molar-refractivity contribution in [3.05, 3.63) is 28.7 Å². The van der Waals surface area contributed by atoms with Crippen LogP contribution in [0.15, 0.2) is 33.0 Å². The summed E-state index contributed by atoms with van der Waals surface area (Å²) in [5.41, 5.74) is 6.39. The Bertz CT molecular complexity index is 620. The summed E-state index contributed by atoms with van der Waals surface area (Å²) in [6.45, 7) is 4.91. The predicted molar refractivity (Wildman–Crippen MR) is 74.7 cm³/mol. The number of hydrogen-bond donors (Lipinski definition) is 2. The number of H-pyrrole nitrogens is 1. The van der Waals surface area contributed by atoms with Gasteiger partial charge in [-0.1, -0.05) is 6.07 Å². The molecule has 0 bridgehead atoms. The predicted octanol–water partition coefficient (Wildman–Crippen LogP) is 1.72. The molecule has 6 nitrogen and oxygen atoms in total. The number of nitrogens with one attached hydrogen (secondary N) is 1. The number of aromatic nitrogens is 3. The number of nitrogens with zero attached hydrogens (tertiary/aromatic N) is 2. The van der Waals surface area contributed by atoms with E-state index >= 15 is 0 Å². The smallest absolute Gasteiger partial charge is 0.343 e. The minimum Gasteiger partial charge on any atom is -0.492 e. The summed E-state index contributed by atoms with van der Waals surface area (Å²) in [4.78, 5) is 12.3. The first-order valence-corrected chi connectivity index (χ1v) is 6.83. The normalized spacial score (nSPS) is 10.6. The summed E-state index contributed by atoms with van der Waals surface area (Å²) >= 11 is 1.34. The van der Waals surface area contributed by atoms with Crippen LogP contribution in [0, 0.1) is 0 Å². The molecule has 0 saturated carbocycles. The zero-order valence-corrected chi connectivity index (χ0v) is 11.7. The summed E-state index contributed by atoms with van der Waals surface area (Å²) in [5, 5.41) is 7.01. The fourth-order valence-corrected chi connectivity index (χ4v) is 2.62. The van der Waals surface area contributed by atoms with E-state index in [4.69, 9.17) is 10.5 Å². The molecule has 19 heavy (non-hydrogen) atoms. The number of para-hydroxylation sites is 1. The topological polar surface area (TPSA) is 85.9 Å². The lowest BCUT2D eigenvalue weighted by Crippen LogP contribution is -2.16. The van der Waals surface area contributed by atoms with Crippen LogP contribution in [-0.4, -0.2) is 21.4 Å². The second-order valence-electron chi connectivity index (χ2n) is 3.76. The maximum atomic E-state index is 11.5. The Kier molecular flexibility index (Phi) is 4.16. The summed E-state index contributed by atoms with van der Waals surface area (Å²) < 4.78 is 6.99. The van der Waals surface area contributed by atoms with E-state index in [1.807, 2.05) is 32.0 Å². The van der Waals surface area contributed by atoms with Gasteiger partial charge in [-0.3, -0.25) is 4.57 Å². The Morgan fingerprint density at radius 1 is 1.47 bits per heavy atom. The maximum absolute atomic E-state index is 11.5. The number of hydrogen-bond acceptors (Lipinski definition) is 5. The molecule has 0 spiro atoms. The highest BCUT2D eigenvalue weighted by molar-refractivity contribution is 7.99. The van der Waals surface area contributed by atoms with E-state index < -0.39 is 0 Å². The highest BCUT2D eigenvalue weighted by Gasteiger charge is 2.12. The van der Waals surface area contributed by atoms with Crippen LogP contribution in [0.25, 0.3) is 0 Å². The van der Waals surface area contributed by atoms with Gasteiger partial charge in [0.2, 0.25) is 0 Å². The molecule has 0 aliphatic carbocycles. The van der Waals surface area contributed by atoms with Gasteiger partial charge in [0.15, 0.2) is 5.16 Å². The number of nitrogen functional groups attached to an aromatic ring is 1. The Balaban J connectivity index is 2.33. The fourth-order valence-electron chi connectivity index (χ4n) is 1.65. The monoisotopic (exact) mass is 280 g/mol. The molecular formula is C12H16N4O2S. The lowest BCUT2D eigenvalue weighted by atomic mass is 10.3. The van der Waals surface area contributed by atoms with Crippen molar-refractivity contribution in [3.8, 4) is 5.75 Å². The first kappa shape index (κ1) is 13.5. The minimum atomic E-state index is -0.218. The van der Waals surface area contributed by atoms with Crippen LogP contribution in [0.4, 0.5) is 5.69 Å². The van der Waals surface area contributed by atoms with Gasteiger partial charge in [-0.25, -0.2) is 9.89 Å². The van der Waals surface area contributed by atoms with Gasteiger partial charge in [0.25, 0.3) is 0 Å². The molecule has 3 N–H and O–H groups in total. The molecule has 0 unspecified atom stereocenters. The zero-order chi connectivity index (χ0) is 13.8. The second-order valence-corrected chi connectivity index (χ2v) is 4.77. The summed E-state index contributed by atoms with van der Waals surface area (Å²) in [5.74, 6) is 0.647. The Hall–Kier alpha value is -1.89. The van der Waals surface area contributed by atoms with Crippen LogP contribution < -0.4 is 16.2 Å². The van der Waals surface area contributed by atoms with Gasteiger partial charge in [0.05, 0.1) is 12.3 Å². The van der Waals surface area contributed by atoms with Gasteiger partial charge in [-0.2, -0.15) is 0 Å². The average Bonchev–Trinajstić information content (AvgIpc) is 2.75. The number of nitrogens with two attached hydrogens (primary N) is 1. The molecule has 0 amide bonds. The highest BCUT2D eigenvalue weighted by Crippen LogP contribution is 2.35. The molecule has 0 fully saturated rings. The highest BCUT2D eigenvalue weighted by atomic mass is 32.2. The summed E-state index contributed by atoms with van der Waals surface area (Å²) in [6.07, 6.45) is 0. The van der Waals surface area contributed by atoms with E-state index in [0.717, 1.165) is 4.90 Å². The van der Waals surface area contributed by atoms with Gasteiger partial charge >= 0.3 is 5.69 Å². The van der Waals surface area contributed by atoms with Gasteiger partial charge < -0.3 is 10.5 Å². The van der Waals surface area contributed by atoms with Gasteiger partial charge in [-0.15, -0.1) is 5.10 Å². The number of benzene rings is 1. The third-order valence-corrected chi connectivity index (χ3v) is 3.64. The van der Waals surface area contributed by atoms with Crippen LogP contribution in [0.5, 0.6) is 5.75 Å². The molecule has 2 rings (SSSR count). The van der Waals surface area contributed by atoms with Gasteiger partial charge in [-0.05, 0) is 37.7 Å². The minimum absolute atomic E-state index is 0.218. The van der Waals surface area contributed by atoms with Crippen molar-refractivity contribution in [1.29, 1.82) is 0 Å². The molecule has 102 valence electrons. The third-order valence-electron chi connectivity index (χ3n) is 2.57. The Morgan fingerprint density at radius 3 is 2.95 bits per heavy atom. The van der Waals surface area contributed by atoms with Gasteiger partial charge in [0.1, 0.15) is 5.75 Å². The molecule has 0 atom stereocenters. The third kappa shape index (κ3) is 2.76. The van der Waals surface area contributed by atoms with E-state index in [-0.39, 0.29) is 5.69 Å². The lowest BCUT2D eigenvalue weighted by molar-refractivity contribution is 0.341. The van der Waals surface area contributed by atoms with Crippen molar-refractivity contribution < 1.29 is 4.74 Å². The van der Waals surface area contributed by atoms with E-state index in [1.54, 1.807) is 4.57 Å². The summed E-state index contributed by atoms with van der Waals surface area (Å²) in [7, 11) is 0. The molecule has 1 aromatic carbocycles. The van der Waals surface area contributed by atoms with Crippen LogP contribution in [0.3, 0.4) is 0 Å². The molecule has 0 aliphatic heterocycles. The van der Waals surface area contributed by atoms with E-state index in [9.17, 15) is 4.79 Å². The lowest BCUT2D eigenvalue weighted by Gasteiger charge is -2.10. The molecule has 1 heterocycles. The van der Waals surface area contributed by atoms with E-state index in [0.29, 0.717) is 29.7 Å². The van der Waals surface area contributed by atoms with Crippen molar-refractivity contribution in [3.63, 3.8) is 0 Å². The molecule has 0 saturated heterocycles. The standard InChI is InChI=1S/C12H16N4O2S/c1-3-16-11(17)14-15-12(16)19-9-7-5-6-8(10(9)13)18-4-2/h5-7H,3-4,13H2,1-2H3,(H,14,17). The molecule has 0 aliphatic rings. The quantitative estimate of drug-likeness (QED) is 0.814. The van der Waals surface area contributed by atoms with E-state index in [2.05, 4.69) is 10.2 Å². The molecular weight excluding hydrogens is 264 g/mol. The van der Waals surface area contributed by atoms with Crippen molar-refractivity contribution in [1.82, 2.24) is 14.8 Å². The first-order chi connectivity index (χ1) is 9.17. The number of anilines is 1. The number of rotatable bonds is 5. The van der Waals surface area contributed by atoms with Crippen LogP contribution in [-0.2, 0) is 6.54 Å². The first-order valence-electron chi connectivity index (χ1n) is 6.01. The van der Waals surface area contributed by atoms with Gasteiger partial charge in [0, 0.05) is 11.4 Å². The SMILES string of the molecule is CCOc1cccc(Sc2n[nH]c(=O)n2CC)c1N. The Morgan fingerprint density at radius 2 is 2.26 bits per heavy atom. The summed E-state index contributed by atoms with van der Waals surface area (Å²) in [6, 6.07) is 5.56. The zero-order valence-electron chi connectivity index (χ0n) is 10.8. The fraction of sp³-hybridized carbons (Fsp3) is 0.333. The largest absolute Gasteiger partial charge is 0.492 e. The van der Waals surface area contributed by atoms with Crippen LogP contribution >= 0.6 is 11.8 Å². The molecule has 7 heteroatoms. The van der Waals surface area contributed by atoms with Crippen molar-refractivity contribution in [2.45, 2.75) is 30.4 Å². The Labute approximate surface area is 115 Å². The second kappa shape index (κ2) is 5.83. The molecule has 0 radical (unpaired) electrons. The van der Waals surface area contributed by atoms with Crippen molar-refractivity contribution in [2.24, 2.45) is 0 Å². The van der Waals surface area contributed by atoms with Crippen molar-refractivity contribution in [2.75, 3.05) is 12.3 Å². The number of ether oxygens (including phenoxy) is 1. The van der Waals surface area contributed by atoms with E-state index in [1.165, 1.54) is 11.8 Å². The van der Waals surface area contributed by atoms with Crippen LogP contribution in [0.2, 0.25) is 0 Å². The maximum Gasteiger partial charge on any atom is 0.343 e.